The molecule has 0 radical (unpaired) electrons. The smallest absolute Gasteiger partial charge is 0.184 e. The van der Waals surface area contributed by atoms with Gasteiger partial charge in [-0.3, -0.25) is 14.4 Å². The first-order chi connectivity index (χ1) is 20.3. The van der Waals surface area contributed by atoms with Crippen LogP contribution in [0.4, 0.5) is 0 Å². The Morgan fingerprint density at radius 3 is 2.14 bits per heavy atom. The predicted octanol–water partition coefficient (Wildman–Crippen LogP) is 8.59. The van der Waals surface area contributed by atoms with Crippen LogP contribution in [0.3, 0.4) is 0 Å². The second-order valence-corrected chi connectivity index (χ2v) is 15.3. The molecule has 4 rings (SSSR count). The van der Waals surface area contributed by atoms with E-state index in [4.69, 9.17) is 0 Å². The molecule has 4 atom stereocenters. The summed E-state index contributed by atoms with van der Waals surface area (Å²) in [5.41, 5.74) is -1.00. The molecule has 1 aromatic rings. The van der Waals surface area contributed by atoms with Crippen molar-refractivity contribution >= 4 is 23.1 Å². The van der Waals surface area contributed by atoms with Crippen molar-refractivity contribution in [3.05, 3.63) is 64.3 Å². The van der Waals surface area contributed by atoms with Gasteiger partial charge in [-0.2, -0.15) is 0 Å². The lowest BCUT2D eigenvalue weighted by Gasteiger charge is -2.61. The molecule has 6 nitrogen and oxygen atoms in total. The highest BCUT2D eigenvalue weighted by Gasteiger charge is 2.74. The van der Waals surface area contributed by atoms with Crippen LogP contribution < -0.4 is 0 Å². The van der Waals surface area contributed by atoms with E-state index in [0.717, 1.165) is 35.6 Å². The number of phenols is 2. The normalized spacial score (nSPS) is 30.4. The van der Waals surface area contributed by atoms with E-state index in [1.54, 1.807) is 0 Å². The van der Waals surface area contributed by atoms with Crippen LogP contribution in [0.25, 0.3) is 5.76 Å². The van der Waals surface area contributed by atoms with Crippen LogP contribution in [0.2, 0.25) is 0 Å². The predicted molar refractivity (Wildman–Crippen MR) is 174 cm³/mol. The molecule has 6 heteroatoms. The number of benzene rings is 1. The van der Waals surface area contributed by atoms with Crippen LogP contribution in [0.15, 0.2) is 58.7 Å². The van der Waals surface area contributed by atoms with Crippen molar-refractivity contribution in [2.75, 3.05) is 0 Å². The highest BCUT2D eigenvalue weighted by atomic mass is 16.3. The molecule has 0 amide bonds. The van der Waals surface area contributed by atoms with Crippen LogP contribution in [0, 0.1) is 33.5 Å². The Morgan fingerprint density at radius 2 is 1.57 bits per heavy atom. The van der Waals surface area contributed by atoms with Gasteiger partial charge >= 0.3 is 0 Å². The van der Waals surface area contributed by atoms with Crippen LogP contribution in [-0.4, -0.2) is 32.7 Å². The fourth-order valence-corrected chi connectivity index (χ4v) is 8.09. The second kappa shape index (κ2) is 11.5. The van der Waals surface area contributed by atoms with Crippen molar-refractivity contribution in [2.45, 2.75) is 101 Å². The molecular weight excluding hydrogens is 552 g/mol. The average molecular weight is 603 g/mol. The van der Waals surface area contributed by atoms with Crippen molar-refractivity contribution in [3.8, 4) is 11.5 Å². The molecule has 2 fully saturated rings. The zero-order valence-electron chi connectivity index (χ0n) is 27.9. The van der Waals surface area contributed by atoms with E-state index < -0.39 is 39.3 Å². The van der Waals surface area contributed by atoms with E-state index in [-0.39, 0.29) is 59.2 Å². The number of allylic oxidation sites excluding steroid dienone is 7. The Balaban J connectivity index is 2.06. The topological polar surface area (TPSA) is 112 Å². The molecule has 3 aliphatic rings. The lowest BCUT2D eigenvalue weighted by molar-refractivity contribution is -0.177. The van der Waals surface area contributed by atoms with E-state index >= 15 is 4.79 Å². The van der Waals surface area contributed by atoms with Crippen LogP contribution in [0.5, 0.6) is 11.5 Å². The van der Waals surface area contributed by atoms with Crippen LogP contribution in [0.1, 0.15) is 106 Å². The molecule has 0 spiro atoms. The Hall–Kier alpha value is -3.41. The molecule has 0 aliphatic heterocycles. The van der Waals surface area contributed by atoms with Gasteiger partial charge in [0.05, 0.1) is 5.41 Å². The number of phenolic OH excluding ortho intramolecular Hbond substituents is 2. The standard InChI is InChI=1S/C38H50O6/c1-22(2)10-12-27-21-37(20-26-15-16-35(6,7)19-24(26)5)32(42)30(31(41)25-11-13-28(39)29(40)18-25)33(43)38(34(37)44,36(27,8)9)17-14-23(3)4/h10-11,13-14,18-19,26-27,39-41H,12,15-17,20-21H2,1-9H3. The number of carbonyl (C=O) groups excluding carboxylic acids is 3. The quantitative estimate of drug-likeness (QED) is 0.0720. The lowest BCUT2D eigenvalue weighted by Crippen LogP contribution is -2.70. The molecule has 0 aromatic heterocycles. The summed E-state index contributed by atoms with van der Waals surface area (Å²) in [5, 5.41) is 31.8. The first-order valence-corrected chi connectivity index (χ1v) is 15.9. The summed E-state index contributed by atoms with van der Waals surface area (Å²) in [6.45, 7) is 18.3. The number of Topliss-reactive ketones (excluding diaryl/α,β-unsaturated/α-hetero) is 3. The number of fused-ring (bicyclic) bond motifs is 2. The molecule has 0 heterocycles. The second-order valence-electron chi connectivity index (χ2n) is 15.3. The third-order valence-electron chi connectivity index (χ3n) is 10.9. The molecule has 4 unspecified atom stereocenters. The third-order valence-corrected chi connectivity index (χ3v) is 10.9. The number of ketones is 3. The van der Waals surface area contributed by atoms with Gasteiger partial charge in [-0.1, -0.05) is 62.6 Å². The first-order valence-electron chi connectivity index (χ1n) is 15.9. The summed E-state index contributed by atoms with van der Waals surface area (Å²) in [6, 6.07) is 3.70. The maximum absolute atomic E-state index is 15.2. The molecule has 2 saturated carbocycles. The zero-order chi connectivity index (χ0) is 33.0. The third kappa shape index (κ3) is 5.39. The van der Waals surface area contributed by atoms with Gasteiger partial charge in [-0.15, -0.1) is 0 Å². The monoisotopic (exact) mass is 602 g/mol. The van der Waals surface area contributed by atoms with Crippen molar-refractivity contribution in [2.24, 2.45) is 33.5 Å². The molecule has 0 saturated heterocycles. The van der Waals surface area contributed by atoms with E-state index in [2.05, 4.69) is 32.9 Å². The summed E-state index contributed by atoms with van der Waals surface area (Å²) < 4.78 is 0. The zero-order valence-corrected chi connectivity index (χ0v) is 27.9. The van der Waals surface area contributed by atoms with Gasteiger partial charge in [0, 0.05) is 5.56 Å². The fraction of sp³-hybridized carbons (Fsp3) is 0.553. The number of carbonyl (C=O) groups is 3. The minimum absolute atomic E-state index is 0.0169. The van der Waals surface area contributed by atoms with E-state index in [0.29, 0.717) is 6.42 Å². The number of rotatable bonds is 7. The number of hydrogen-bond acceptors (Lipinski definition) is 6. The first kappa shape index (κ1) is 33.5. The molecule has 1 aromatic carbocycles. The molecule has 3 N–H and O–H groups in total. The summed E-state index contributed by atoms with van der Waals surface area (Å²) >= 11 is 0. The highest BCUT2D eigenvalue weighted by Crippen LogP contribution is 2.66. The molecular formula is C38H50O6. The maximum Gasteiger partial charge on any atom is 0.184 e. The largest absolute Gasteiger partial charge is 0.506 e. The maximum atomic E-state index is 15.2. The van der Waals surface area contributed by atoms with Crippen molar-refractivity contribution in [1.29, 1.82) is 0 Å². The van der Waals surface area contributed by atoms with Gasteiger partial charge in [0.15, 0.2) is 28.8 Å². The Labute approximate surface area is 262 Å². The van der Waals surface area contributed by atoms with Gasteiger partial charge < -0.3 is 15.3 Å². The number of hydrogen-bond donors (Lipinski definition) is 3. The van der Waals surface area contributed by atoms with Gasteiger partial charge in [-0.05, 0) is 114 Å². The Kier molecular flexibility index (Phi) is 8.75. The minimum atomic E-state index is -1.58. The summed E-state index contributed by atoms with van der Waals surface area (Å²) in [7, 11) is 0. The SMILES string of the molecule is CC(C)=CCC1CC2(CC3CCC(C)(C)C=C3C)C(=O)C(=C(O)c3ccc(O)c(O)c3)C(=O)C(CC=C(C)C)(C2=O)C1(C)C. The Morgan fingerprint density at radius 1 is 0.932 bits per heavy atom. The van der Waals surface area contributed by atoms with E-state index in [1.807, 2.05) is 47.6 Å². The molecule has 44 heavy (non-hydrogen) atoms. The molecule has 238 valence electrons. The number of aliphatic hydroxyl groups is 1. The molecule has 2 bridgehead atoms. The van der Waals surface area contributed by atoms with Gasteiger partial charge in [0.25, 0.3) is 0 Å². The average Bonchev–Trinajstić information content (AvgIpc) is 2.91. The summed E-state index contributed by atoms with van der Waals surface area (Å²) in [5.74, 6) is -3.19. The summed E-state index contributed by atoms with van der Waals surface area (Å²) in [4.78, 5) is 45.0. The van der Waals surface area contributed by atoms with Crippen molar-refractivity contribution < 1.29 is 29.7 Å². The van der Waals surface area contributed by atoms with Crippen LogP contribution in [-0.2, 0) is 14.4 Å². The Bertz CT molecular complexity index is 1510. The number of aliphatic hydroxyl groups excluding tert-OH is 1. The lowest BCUT2D eigenvalue weighted by atomic mass is 9.38. The number of aromatic hydroxyl groups is 2. The fourth-order valence-electron chi connectivity index (χ4n) is 8.09. The van der Waals surface area contributed by atoms with Crippen molar-refractivity contribution in [1.82, 2.24) is 0 Å². The van der Waals surface area contributed by atoms with Gasteiger partial charge in [0.2, 0.25) is 0 Å². The van der Waals surface area contributed by atoms with Gasteiger partial charge in [0.1, 0.15) is 16.7 Å². The molecule has 3 aliphatic carbocycles. The summed E-state index contributed by atoms with van der Waals surface area (Å²) in [6.07, 6.45) is 9.37. The van der Waals surface area contributed by atoms with Crippen molar-refractivity contribution in [3.63, 3.8) is 0 Å². The van der Waals surface area contributed by atoms with Crippen LogP contribution >= 0.6 is 0 Å². The van der Waals surface area contributed by atoms with E-state index in [9.17, 15) is 24.9 Å². The minimum Gasteiger partial charge on any atom is -0.506 e. The van der Waals surface area contributed by atoms with E-state index in [1.165, 1.54) is 12.1 Å². The highest BCUT2D eigenvalue weighted by molar-refractivity contribution is 6.41. The van der Waals surface area contributed by atoms with Gasteiger partial charge in [-0.25, -0.2) is 0 Å².